The topological polar surface area (TPSA) is 80.5 Å². The van der Waals surface area contributed by atoms with Crippen LogP contribution in [0.5, 0.6) is 0 Å². The fourth-order valence-corrected chi connectivity index (χ4v) is 1.80. The standard InChI is InChI=1S/C12H10FN5/c1-6-2-7-8(4-16-11(7)15-3-6)12-17-5-9(13)10(14)18-12/h2-5H,1H3,(H,15,16)(H2,14,17,18). The van der Waals surface area contributed by atoms with E-state index in [9.17, 15) is 4.39 Å². The number of nitrogens with zero attached hydrogens (tertiary/aromatic N) is 3. The van der Waals surface area contributed by atoms with E-state index in [-0.39, 0.29) is 5.82 Å². The van der Waals surface area contributed by atoms with Crippen LogP contribution in [0.15, 0.2) is 24.7 Å². The van der Waals surface area contributed by atoms with Crippen molar-refractivity contribution in [1.82, 2.24) is 19.9 Å². The normalized spacial score (nSPS) is 11.0. The van der Waals surface area contributed by atoms with Crippen LogP contribution in [0.3, 0.4) is 0 Å². The van der Waals surface area contributed by atoms with Gasteiger partial charge in [0.2, 0.25) is 0 Å². The number of nitrogen functional groups attached to an aromatic ring is 1. The zero-order chi connectivity index (χ0) is 12.7. The largest absolute Gasteiger partial charge is 0.381 e. The highest BCUT2D eigenvalue weighted by atomic mass is 19.1. The van der Waals surface area contributed by atoms with Gasteiger partial charge in [-0.2, -0.15) is 0 Å². The molecule has 3 heterocycles. The molecular formula is C12H10FN5. The number of halogens is 1. The Balaban J connectivity index is 2.24. The number of rotatable bonds is 1. The first kappa shape index (κ1) is 10.6. The molecule has 18 heavy (non-hydrogen) atoms. The van der Waals surface area contributed by atoms with Gasteiger partial charge >= 0.3 is 0 Å². The van der Waals surface area contributed by atoms with Gasteiger partial charge in [0.05, 0.1) is 6.20 Å². The first-order chi connectivity index (χ1) is 8.65. The average Bonchev–Trinajstić information content (AvgIpc) is 2.75. The summed E-state index contributed by atoms with van der Waals surface area (Å²) in [7, 11) is 0. The first-order valence-corrected chi connectivity index (χ1v) is 5.37. The molecule has 3 aromatic rings. The number of pyridine rings is 1. The van der Waals surface area contributed by atoms with Crippen LogP contribution in [0.25, 0.3) is 22.4 Å². The van der Waals surface area contributed by atoms with Gasteiger partial charge in [0, 0.05) is 23.3 Å². The van der Waals surface area contributed by atoms with Crippen molar-refractivity contribution in [3.8, 4) is 11.4 Å². The summed E-state index contributed by atoms with van der Waals surface area (Å²) < 4.78 is 13.0. The third-order valence-electron chi connectivity index (χ3n) is 2.68. The molecule has 0 fully saturated rings. The highest BCUT2D eigenvalue weighted by Gasteiger charge is 2.11. The van der Waals surface area contributed by atoms with E-state index < -0.39 is 5.82 Å². The van der Waals surface area contributed by atoms with Gasteiger partial charge in [0.1, 0.15) is 5.65 Å². The number of aromatic nitrogens is 4. The van der Waals surface area contributed by atoms with Gasteiger partial charge in [0.15, 0.2) is 17.5 Å². The fraction of sp³-hybridized carbons (Fsp3) is 0.0833. The summed E-state index contributed by atoms with van der Waals surface area (Å²) in [6, 6.07) is 1.97. The van der Waals surface area contributed by atoms with Gasteiger partial charge in [-0.1, -0.05) is 0 Å². The van der Waals surface area contributed by atoms with Gasteiger partial charge < -0.3 is 10.7 Å². The minimum Gasteiger partial charge on any atom is -0.381 e. The summed E-state index contributed by atoms with van der Waals surface area (Å²) in [6.45, 7) is 1.95. The fourth-order valence-electron chi connectivity index (χ4n) is 1.80. The predicted molar refractivity (Wildman–Crippen MR) is 66.2 cm³/mol. The number of aromatic amines is 1. The lowest BCUT2D eigenvalue weighted by molar-refractivity contribution is 0.620. The molecule has 0 aliphatic heterocycles. The molecule has 0 aliphatic rings. The van der Waals surface area contributed by atoms with Gasteiger partial charge in [-0.3, -0.25) is 0 Å². The summed E-state index contributed by atoms with van der Waals surface area (Å²) in [5, 5.41) is 0.890. The second-order valence-electron chi connectivity index (χ2n) is 4.04. The third kappa shape index (κ3) is 1.58. The van der Waals surface area contributed by atoms with Crippen molar-refractivity contribution in [2.75, 3.05) is 5.73 Å². The van der Waals surface area contributed by atoms with E-state index in [1.165, 1.54) is 0 Å². The molecule has 0 radical (unpaired) electrons. The molecule has 3 aromatic heterocycles. The smallest absolute Gasteiger partial charge is 0.183 e. The summed E-state index contributed by atoms with van der Waals surface area (Å²) in [5.41, 5.74) is 7.97. The van der Waals surface area contributed by atoms with E-state index in [0.29, 0.717) is 5.82 Å². The maximum absolute atomic E-state index is 13.0. The molecule has 0 bridgehead atoms. The zero-order valence-electron chi connectivity index (χ0n) is 9.61. The van der Waals surface area contributed by atoms with Gasteiger partial charge in [-0.05, 0) is 18.6 Å². The Kier molecular flexibility index (Phi) is 2.22. The molecule has 5 nitrogen and oxygen atoms in total. The van der Waals surface area contributed by atoms with Crippen molar-refractivity contribution >= 4 is 16.9 Å². The Morgan fingerprint density at radius 1 is 1.28 bits per heavy atom. The summed E-state index contributed by atoms with van der Waals surface area (Å²) in [5.74, 6) is -0.393. The Bertz CT molecular complexity index is 734. The Morgan fingerprint density at radius 3 is 2.89 bits per heavy atom. The second kappa shape index (κ2) is 3.76. The molecule has 0 amide bonds. The predicted octanol–water partition coefficient (Wildman–Crippen LogP) is 2.05. The zero-order valence-corrected chi connectivity index (χ0v) is 9.61. The summed E-state index contributed by atoms with van der Waals surface area (Å²) >= 11 is 0. The monoisotopic (exact) mass is 243 g/mol. The third-order valence-corrected chi connectivity index (χ3v) is 2.68. The van der Waals surface area contributed by atoms with E-state index in [4.69, 9.17) is 5.73 Å². The van der Waals surface area contributed by atoms with Crippen LogP contribution in [0.2, 0.25) is 0 Å². The number of aryl methyl sites for hydroxylation is 1. The van der Waals surface area contributed by atoms with Crippen molar-refractivity contribution in [1.29, 1.82) is 0 Å². The van der Waals surface area contributed by atoms with E-state index in [1.54, 1.807) is 12.4 Å². The SMILES string of the molecule is Cc1cnc2[nH]cc(-c3ncc(F)c(N)n3)c2c1. The van der Waals surface area contributed by atoms with Crippen LogP contribution >= 0.6 is 0 Å². The number of hydrogen-bond donors (Lipinski definition) is 2. The first-order valence-electron chi connectivity index (χ1n) is 5.37. The van der Waals surface area contributed by atoms with Gasteiger partial charge in [0.25, 0.3) is 0 Å². The quantitative estimate of drug-likeness (QED) is 0.685. The number of nitrogens with one attached hydrogen (secondary N) is 1. The minimum atomic E-state index is -0.618. The maximum atomic E-state index is 13.0. The number of H-pyrrole nitrogens is 1. The van der Waals surface area contributed by atoms with Crippen LogP contribution in [-0.2, 0) is 0 Å². The summed E-state index contributed by atoms with van der Waals surface area (Å²) in [4.78, 5) is 15.2. The lowest BCUT2D eigenvalue weighted by Gasteiger charge is -2.00. The van der Waals surface area contributed by atoms with Crippen LogP contribution in [0, 0.1) is 12.7 Å². The lowest BCUT2D eigenvalue weighted by Crippen LogP contribution is -1.98. The number of fused-ring (bicyclic) bond motifs is 1. The van der Waals surface area contributed by atoms with Gasteiger partial charge in [-0.25, -0.2) is 19.3 Å². The molecule has 0 unspecified atom stereocenters. The molecule has 0 saturated heterocycles. The van der Waals surface area contributed by atoms with Gasteiger partial charge in [-0.15, -0.1) is 0 Å². The summed E-state index contributed by atoms with van der Waals surface area (Å²) in [6.07, 6.45) is 4.58. The Hall–Kier alpha value is -2.50. The van der Waals surface area contributed by atoms with Crippen molar-refractivity contribution in [3.05, 3.63) is 36.0 Å². The van der Waals surface area contributed by atoms with Crippen LogP contribution < -0.4 is 5.73 Å². The molecular weight excluding hydrogens is 233 g/mol. The molecule has 0 aromatic carbocycles. The van der Waals surface area contributed by atoms with Crippen molar-refractivity contribution < 1.29 is 4.39 Å². The number of anilines is 1. The minimum absolute atomic E-state index is 0.157. The highest BCUT2D eigenvalue weighted by Crippen LogP contribution is 2.26. The van der Waals surface area contributed by atoms with Crippen LogP contribution in [-0.4, -0.2) is 19.9 Å². The van der Waals surface area contributed by atoms with Crippen molar-refractivity contribution in [2.45, 2.75) is 6.92 Å². The van der Waals surface area contributed by atoms with E-state index in [2.05, 4.69) is 19.9 Å². The Morgan fingerprint density at radius 2 is 2.11 bits per heavy atom. The average molecular weight is 243 g/mol. The molecule has 0 spiro atoms. The second-order valence-corrected chi connectivity index (χ2v) is 4.04. The number of hydrogen-bond acceptors (Lipinski definition) is 4. The Labute approximate surface area is 102 Å². The van der Waals surface area contributed by atoms with E-state index in [1.807, 2.05) is 13.0 Å². The van der Waals surface area contributed by atoms with Crippen LogP contribution in [0.4, 0.5) is 10.2 Å². The molecule has 0 saturated carbocycles. The maximum Gasteiger partial charge on any atom is 0.183 e. The molecule has 3 rings (SSSR count). The van der Waals surface area contributed by atoms with Crippen molar-refractivity contribution in [3.63, 3.8) is 0 Å². The van der Waals surface area contributed by atoms with E-state index in [0.717, 1.165) is 28.4 Å². The highest BCUT2D eigenvalue weighted by molar-refractivity contribution is 5.91. The molecule has 3 N–H and O–H groups in total. The van der Waals surface area contributed by atoms with Crippen LogP contribution in [0.1, 0.15) is 5.56 Å². The molecule has 0 atom stereocenters. The molecule has 0 aliphatic carbocycles. The molecule has 6 heteroatoms. The molecule has 90 valence electrons. The lowest BCUT2D eigenvalue weighted by atomic mass is 10.2. The number of nitrogens with two attached hydrogens (primary N) is 1. The van der Waals surface area contributed by atoms with E-state index >= 15 is 0 Å². The van der Waals surface area contributed by atoms with Crippen molar-refractivity contribution in [2.24, 2.45) is 0 Å².